The highest BCUT2D eigenvalue weighted by molar-refractivity contribution is 6.93. The van der Waals surface area contributed by atoms with E-state index < -0.39 is 5.41 Å². The van der Waals surface area contributed by atoms with Crippen LogP contribution >= 0.6 is 0 Å². The van der Waals surface area contributed by atoms with Crippen LogP contribution in [-0.4, -0.2) is 6.71 Å². The van der Waals surface area contributed by atoms with Crippen LogP contribution in [0.1, 0.15) is 46.7 Å². The Morgan fingerprint density at radius 3 is 1.98 bits per heavy atom. The SMILES string of the molecule is C=C(c1ccccc1)N1C2=C(B3c4ccccc4C4(c5ccccc5-c5ccccc54)c4cccc1c43)C(C)CC=C2Cc1ccccc1. The van der Waals surface area contributed by atoms with Crippen molar-refractivity contribution in [1.29, 1.82) is 0 Å². The number of allylic oxidation sites excluding steroid dienone is 3. The lowest BCUT2D eigenvalue weighted by molar-refractivity contribution is 0.691. The van der Waals surface area contributed by atoms with Crippen LogP contribution in [0.2, 0.25) is 0 Å². The van der Waals surface area contributed by atoms with Gasteiger partial charge in [-0.25, -0.2) is 0 Å². The van der Waals surface area contributed by atoms with E-state index >= 15 is 0 Å². The largest absolute Gasteiger partial charge is 0.312 e. The first-order chi connectivity index (χ1) is 24.2. The zero-order valence-corrected chi connectivity index (χ0v) is 27.7. The van der Waals surface area contributed by atoms with Gasteiger partial charge in [0, 0.05) is 17.1 Å². The molecule has 1 atom stereocenters. The molecule has 4 aliphatic rings. The van der Waals surface area contributed by atoms with E-state index in [0.717, 1.165) is 24.1 Å². The van der Waals surface area contributed by atoms with Crippen molar-refractivity contribution in [3.05, 3.63) is 214 Å². The van der Waals surface area contributed by atoms with Crippen molar-refractivity contribution in [3.8, 4) is 11.1 Å². The molecule has 1 nitrogen and oxygen atoms in total. The average Bonchev–Trinajstić information content (AvgIpc) is 3.45. The van der Waals surface area contributed by atoms with Crippen molar-refractivity contribution >= 4 is 29.0 Å². The first-order valence-corrected chi connectivity index (χ1v) is 17.6. The minimum Gasteiger partial charge on any atom is -0.312 e. The number of anilines is 1. The minimum absolute atomic E-state index is 0.150. The van der Waals surface area contributed by atoms with Crippen LogP contribution in [0.5, 0.6) is 0 Å². The highest BCUT2D eigenvalue weighted by Gasteiger charge is 2.55. The first kappa shape index (κ1) is 28.4. The van der Waals surface area contributed by atoms with Gasteiger partial charge in [0.15, 0.2) is 0 Å². The van der Waals surface area contributed by atoms with Crippen LogP contribution < -0.4 is 15.8 Å². The van der Waals surface area contributed by atoms with Gasteiger partial charge in [0.2, 0.25) is 6.71 Å². The van der Waals surface area contributed by atoms with E-state index in [2.05, 4.69) is 170 Å². The molecule has 0 bridgehead atoms. The van der Waals surface area contributed by atoms with Crippen molar-refractivity contribution in [2.75, 3.05) is 4.90 Å². The predicted octanol–water partition coefficient (Wildman–Crippen LogP) is 9.47. The third-order valence-electron chi connectivity index (χ3n) is 11.6. The van der Waals surface area contributed by atoms with Gasteiger partial charge in [0.05, 0.1) is 5.41 Å². The molecule has 0 N–H and O–H groups in total. The number of hydrogen-bond acceptors (Lipinski definition) is 1. The third-order valence-corrected chi connectivity index (χ3v) is 11.6. The summed E-state index contributed by atoms with van der Waals surface area (Å²) in [6.45, 7) is 7.46. The molecule has 1 unspecified atom stereocenters. The standard InChI is InChI=1S/C47H36BN/c1-31-28-29-35(30-33-16-5-3-6-17-33)46-44(31)48-42-26-14-13-24-40(42)47(38-22-11-9-20-36(38)37-21-10-12-23-39(37)47)41-25-15-27-43(45(41)48)49(46)32(2)34-18-7-4-8-19-34/h3-27,29,31H,2,28,30H2,1H3. The number of nitrogens with zero attached hydrogens (tertiary/aromatic N) is 1. The van der Waals surface area contributed by atoms with Crippen LogP contribution in [0.25, 0.3) is 16.8 Å². The monoisotopic (exact) mass is 625 g/mol. The van der Waals surface area contributed by atoms with Gasteiger partial charge in [0.25, 0.3) is 0 Å². The summed E-state index contributed by atoms with van der Waals surface area (Å²) in [6.07, 6.45) is 4.43. The van der Waals surface area contributed by atoms with Gasteiger partial charge in [-0.15, -0.1) is 0 Å². The van der Waals surface area contributed by atoms with Crippen LogP contribution in [0, 0.1) is 5.92 Å². The van der Waals surface area contributed by atoms with Gasteiger partial charge in [-0.2, -0.15) is 0 Å². The van der Waals surface area contributed by atoms with E-state index in [-0.39, 0.29) is 6.71 Å². The zero-order chi connectivity index (χ0) is 32.7. The second kappa shape index (κ2) is 10.7. The quantitative estimate of drug-likeness (QED) is 0.176. The molecule has 6 aromatic rings. The summed E-state index contributed by atoms with van der Waals surface area (Å²) in [5, 5.41) is 0. The maximum Gasteiger partial charge on any atom is 0.243 e. The summed E-state index contributed by atoms with van der Waals surface area (Å²) in [7, 11) is 0. The summed E-state index contributed by atoms with van der Waals surface area (Å²) < 4.78 is 0. The summed E-state index contributed by atoms with van der Waals surface area (Å²) >= 11 is 0. The highest BCUT2D eigenvalue weighted by atomic mass is 15.2. The Kier molecular flexibility index (Phi) is 6.21. The molecule has 232 valence electrons. The van der Waals surface area contributed by atoms with Gasteiger partial charge in [-0.3, -0.25) is 0 Å². The molecular weight excluding hydrogens is 589 g/mol. The maximum absolute atomic E-state index is 4.87. The molecular formula is C47H36BN. The van der Waals surface area contributed by atoms with Crippen LogP contribution in [0.3, 0.4) is 0 Å². The lowest BCUT2D eigenvalue weighted by Gasteiger charge is -2.50. The van der Waals surface area contributed by atoms with Crippen molar-refractivity contribution in [3.63, 3.8) is 0 Å². The Balaban J connectivity index is 1.32. The molecule has 2 heteroatoms. The fourth-order valence-electron chi connectivity index (χ4n) is 9.70. The Labute approximate surface area is 289 Å². The summed E-state index contributed by atoms with van der Waals surface area (Å²) in [4.78, 5) is 2.54. The van der Waals surface area contributed by atoms with Gasteiger partial charge in [-0.1, -0.05) is 176 Å². The van der Waals surface area contributed by atoms with Crippen LogP contribution in [-0.2, 0) is 11.8 Å². The second-order valence-electron chi connectivity index (χ2n) is 14.1. The van der Waals surface area contributed by atoms with Crippen molar-refractivity contribution in [2.45, 2.75) is 25.2 Å². The normalized spacial score (nSPS) is 17.5. The molecule has 2 aliphatic carbocycles. The fraction of sp³-hybridized carbons (Fsp3) is 0.106. The van der Waals surface area contributed by atoms with Crippen molar-refractivity contribution < 1.29 is 0 Å². The van der Waals surface area contributed by atoms with E-state index in [0.29, 0.717) is 5.92 Å². The predicted molar refractivity (Wildman–Crippen MR) is 206 cm³/mol. The van der Waals surface area contributed by atoms with Crippen LogP contribution in [0.4, 0.5) is 5.69 Å². The highest BCUT2D eigenvalue weighted by Crippen LogP contribution is 2.58. The van der Waals surface area contributed by atoms with Crippen molar-refractivity contribution in [1.82, 2.24) is 0 Å². The first-order valence-electron chi connectivity index (χ1n) is 17.6. The summed E-state index contributed by atoms with van der Waals surface area (Å²) in [6, 6.07) is 56.4. The van der Waals surface area contributed by atoms with Gasteiger partial charge >= 0.3 is 0 Å². The molecule has 0 fully saturated rings. The Morgan fingerprint density at radius 2 is 1.27 bits per heavy atom. The molecule has 1 spiro atoms. The van der Waals surface area contributed by atoms with E-state index in [1.807, 2.05) is 0 Å². The molecule has 10 rings (SSSR count). The van der Waals surface area contributed by atoms with Gasteiger partial charge in [0.1, 0.15) is 0 Å². The van der Waals surface area contributed by atoms with Crippen LogP contribution in [0.15, 0.2) is 181 Å². The van der Waals surface area contributed by atoms with E-state index in [9.17, 15) is 0 Å². The van der Waals surface area contributed by atoms with Gasteiger partial charge in [-0.05, 0) is 80.4 Å². The summed E-state index contributed by atoms with van der Waals surface area (Å²) in [5.41, 5.74) is 19.7. The number of rotatable bonds is 4. The molecule has 0 saturated heterocycles. The molecule has 2 heterocycles. The molecule has 0 amide bonds. The molecule has 49 heavy (non-hydrogen) atoms. The Morgan fingerprint density at radius 1 is 0.673 bits per heavy atom. The Bertz CT molecular complexity index is 2340. The second-order valence-corrected chi connectivity index (χ2v) is 14.1. The Hall–Kier alpha value is -5.60. The molecule has 0 saturated carbocycles. The lowest BCUT2D eigenvalue weighted by atomic mass is 9.27. The average molecular weight is 626 g/mol. The van der Waals surface area contributed by atoms with Crippen molar-refractivity contribution in [2.24, 2.45) is 5.92 Å². The fourth-order valence-corrected chi connectivity index (χ4v) is 9.70. The topological polar surface area (TPSA) is 3.24 Å². The minimum atomic E-state index is -0.413. The number of benzene rings is 6. The van der Waals surface area contributed by atoms with E-state index in [4.69, 9.17) is 6.58 Å². The maximum atomic E-state index is 4.87. The molecule has 2 aliphatic heterocycles. The zero-order valence-electron chi connectivity index (χ0n) is 27.7. The molecule has 6 aromatic carbocycles. The number of fused-ring (bicyclic) bond motifs is 10. The third kappa shape index (κ3) is 3.83. The number of hydrogen-bond donors (Lipinski definition) is 0. The van der Waals surface area contributed by atoms with E-state index in [1.165, 1.54) is 72.3 Å². The summed E-state index contributed by atoms with van der Waals surface area (Å²) in [5.74, 6) is 0.372. The van der Waals surface area contributed by atoms with Gasteiger partial charge < -0.3 is 4.90 Å². The van der Waals surface area contributed by atoms with E-state index in [1.54, 1.807) is 0 Å². The lowest BCUT2D eigenvalue weighted by Crippen LogP contribution is -2.62. The molecule has 0 aromatic heterocycles. The smallest absolute Gasteiger partial charge is 0.243 e. The molecule has 0 radical (unpaired) electrons.